The van der Waals surface area contributed by atoms with Gasteiger partial charge in [-0.3, -0.25) is 0 Å². The van der Waals surface area contributed by atoms with E-state index in [2.05, 4.69) is 0 Å². The van der Waals surface area contributed by atoms with Crippen LogP contribution in [0.25, 0.3) is 0 Å². The normalized spacial score (nSPS) is 21.0. The molecule has 0 spiro atoms. The minimum atomic E-state index is -4.28. The molecule has 16 heavy (non-hydrogen) atoms. The highest BCUT2D eigenvalue weighted by Crippen LogP contribution is 2.35. The molecule has 1 heterocycles. The molecule has 0 aromatic carbocycles. The average Bonchev–Trinajstić information content (AvgIpc) is 2.64. The summed E-state index contributed by atoms with van der Waals surface area (Å²) in [6.45, 7) is 1.77. The van der Waals surface area contributed by atoms with Crippen LogP contribution in [0.5, 0.6) is 0 Å². The molecule has 0 amide bonds. The molecular weight excluding hydrogens is 217 g/mol. The maximum Gasteiger partial charge on any atom is 0.416 e. The molecule has 0 N–H and O–H groups in total. The molecule has 2 rings (SSSR count). The highest BCUT2D eigenvalue weighted by Gasteiger charge is 2.34. The lowest BCUT2D eigenvalue weighted by Crippen LogP contribution is -2.13. The number of rotatable bonds is 1. The van der Waals surface area contributed by atoms with Crippen LogP contribution >= 0.6 is 0 Å². The van der Waals surface area contributed by atoms with Gasteiger partial charge in [-0.25, -0.2) is 0 Å². The van der Waals surface area contributed by atoms with Crippen LogP contribution in [0.4, 0.5) is 13.2 Å². The van der Waals surface area contributed by atoms with E-state index >= 15 is 0 Å². The fraction of sp³-hybridized carbons (Fsp3) is 0.333. The molecule has 0 bridgehead atoms. The number of allylic oxidation sites excluding steroid dienone is 4. The Balaban J connectivity index is 2.26. The average molecular weight is 228 g/mol. The van der Waals surface area contributed by atoms with Crippen molar-refractivity contribution in [2.45, 2.75) is 25.4 Å². The predicted octanol–water partition coefficient (Wildman–Crippen LogP) is 4.12. The first kappa shape index (κ1) is 11.0. The molecule has 1 atom stereocenters. The molecule has 1 aliphatic rings. The summed E-state index contributed by atoms with van der Waals surface area (Å²) in [5.41, 5.74) is -0.599. The molecule has 0 aliphatic heterocycles. The Hall–Kier alpha value is -1.45. The molecular formula is C12H11F3O. The summed E-state index contributed by atoms with van der Waals surface area (Å²) >= 11 is 0. The molecule has 1 aromatic heterocycles. The zero-order chi connectivity index (χ0) is 11.8. The van der Waals surface area contributed by atoms with Gasteiger partial charge in [-0.15, -0.1) is 0 Å². The van der Waals surface area contributed by atoms with Crippen molar-refractivity contribution >= 4 is 0 Å². The standard InChI is InChI=1S/C12H11F3O/c1-8-5-6-11(16-8)9-3-2-4-10(7-9)12(13,14)15/h2,4-7,9H,3H2,1H3. The van der Waals surface area contributed by atoms with Crippen molar-refractivity contribution in [1.29, 1.82) is 0 Å². The minimum absolute atomic E-state index is 0.310. The van der Waals surface area contributed by atoms with E-state index in [0.717, 1.165) is 6.08 Å². The van der Waals surface area contributed by atoms with E-state index in [1.807, 2.05) is 0 Å². The topological polar surface area (TPSA) is 13.1 Å². The SMILES string of the molecule is Cc1ccc(C2C=C(C(F)(F)F)C=CC2)o1. The Bertz CT molecular complexity index is 437. The summed E-state index contributed by atoms with van der Waals surface area (Å²) in [5, 5.41) is 0. The molecule has 1 aliphatic carbocycles. The quantitative estimate of drug-likeness (QED) is 0.704. The lowest BCUT2D eigenvalue weighted by atomic mass is 9.94. The molecule has 0 radical (unpaired) electrons. The second kappa shape index (κ2) is 3.85. The third kappa shape index (κ3) is 2.21. The van der Waals surface area contributed by atoms with Gasteiger partial charge in [0.1, 0.15) is 11.5 Å². The van der Waals surface area contributed by atoms with E-state index in [1.54, 1.807) is 19.1 Å². The van der Waals surface area contributed by atoms with E-state index in [1.165, 1.54) is 12.2 Å². The van der Waals surface area contributed by atoms with Crippen LogP contribution in [0.1, 0.15) is 23.9 Å². The van der Waals surface area contributed by atoms with Crippen molar-refractivity contribution in [3.63, 3.8) is 0 Å². The highest BCUT2D eigenvalue weighted by molar-refractivity contribution is 5.33. The van der Waals surface area contributed by atoms with E-state index in [4.69, 9.17) is 4.42 Å². The van der Waals surface area contributed by atoms with Gasteiger partial charge in [-0.2, -0.15) is 13.2 Å². The molecule has 1 aromatic rings. The molecule has 1 unspecified atom stereocenters. The van der Waals surface area contributed by atoms with E-state index in [-0.39, 0.29) is 5.92 Å². The fourth-order valence-electron chi connectivity index (χ4n) is 1.72. The number of hydrogen-bond acceptors (Lipinski definition) is 1. The van der Waals surface area contributed by atoms with E-state index < -0.39 is 11.7 Å². The van der Waals surface area contributed by atoms with Crippen molar-refractivity contribution in [3.05, 3.63) is 47.5 Å². The number of halogens is 3. The van der Waals surface area contributed by atoms with Gasteiger partial charge in [0.05, 0.1) is 5.57 Å². The number of furan rings is 1. The van der Waals surface area contributed by atoms with Crippen LogP contribution in [-0.2, 0) is 0 Å². The van der Waals surface area contributed by atoms with Crippen molar-refractivity contribution in [2.75, 3.05) is 0 Å². The van der Waals surface area contributed by atoms with Crippen LogP contribution in [-0.4, -0.2) is 6.18 Å². The smallest absolute Gasteiger partial charge is 0.416 e. The van der Waals surface area contributed by atoms with Gasteiger partial charge in [0.15, 0.2) is 0 Å². The van der Waals surface area contributed by atoms with Crippen LogP contribution in [0.3, 0.4) is 0 Å². The second-order valence-corrected chi connectivity index (χ2v) is 3.81. The molecule has 0 saturated carbocycles. The summed E-state index contributed by atoms with van der Waals surface area (Å²) in [7, 11) is 0. The summed E-state index contributed by atoms with van der Waals surface area (Å²) in [6, 6.07) is 3.48. The molecule has 1 nitrogen and oxygen atoms in total. The monoisotopic (exact) mass is 228 g/mol. The molecule has 0 saturated heterocycles. The summed E-state index contributed by atoms with van der Waals surface area (Å²) < 4.78 is 42.8. The Kier molecular flexibility index (Phi) is 2.66. The Morgan fingerprint density at radius 1 is 1.31 bits per heavy atom. The van der Waals surface area contributed by atoms with Crippen LogP contribution in [0, 0.1) is 6.92 Å². The first-order valence-corrected chi connectivity index (χ1v) is 4.99. The van der Waals surface area contributed by atoms with Gasteiger partial charge in [-0.1, -0.05) is 18.2 Å². The van der Waals surface area contributed by atoms with Gasteiger partial charge < -0.3 is 4.42 Å². The van der Waals surface area contributed by atoms with Crippen molar-refractivity contribution in [1.82, 2.24) is 0 Å². The third-order valence-corrected chi connectivity index (χ3v) is 2.52. The maximum atomic E-state index is 12.5. The zero-order valence-corrected chi connectivity index (χ0v) is 8.71. The maximum absolute atomic E-state index is 12.5. The van der Waals surface area contributed by atoms with Crippen molar-refractivity contribution in [2.24, 2.45) is 0 Å². The lowest BCUT2D eigenvalue weighted by Gasteiger charge is -2.16. The van der Waals surface area contributed by atoms with Crippen molar-refractivity contribution < 1.29 is 17.6 Å². The number of aryl methyl sites for hydroxylation is 1. The summed E-state index contributed by atoms with van der Waals surface area (Å²) in [6.07, 6.45) is 0.138. The van der Waals surface area contributed by atoms with Gasteiger partial charge >= 0.3 is 6.18 Å². The lowest BCUT2D eigenvalue weighted by molar-refractivity contribution is -0.0887. The first-order chi connectivity index (χ1) is 7.47. The van der Waals surface area contributed by atoms with Gasteiger partial charge in [-0.05, 0) is 25.5 Å². The molecule has 0 fully saturated rings. The third-order valence-electron chi connectivity index (χ3n) is 2.52. The summed E-state index contributed by atoms with van der Waals surface area (Å²) in [5.74, 6) is 0.991. The predicted molar refractivity (Wildman–Crippen MR) is 54.1 cm³/mol. The molecule has 86 valence electrons. The van der Waals surface area contributed by atoms with Gasteiger partial charge in [0, 0.05) is 5.92 Å². The highest BCUT2D eigenvalue weighted by atomic mass is 19.4. The van der Waals surface area contributed by atoms with Crippen LogP contribution in [0.2, 0.25) is 0 Å². The molecule has 4 heteroatoms. The first-order valence-electron chi connectivity index (χ1n) is 4.99. The Morgan fingerprint density at radius 2 is 2.06 bits per heavy atom. The van der Waals surface area contributed by atoms with E-state index in [9.17, 15) is 13.2 Å². The Labute approximate surface area is 91.3 Å². The minimum Gasteiger partial charge on any atom is -0.466 e. The van der Waals surface area contributed by atoms with Crippen LogP contribution < -0.4 is 0 Å². The number of alkyl halides is 3. The fourth-order valence-corrected chi connectivity index (χ4v) is 1.72. The zero-order valence-electron chi connectivity index (χ0n) is 8.71. The number of hydrogen-bond donors (Lipinski definition) is 0. The van der Waals surface area contributed by atoms with Gasteiger partial charge in [0.2, 0.25) is 0 Å². The Morgan fingerprint density at radius 3 is 2.62 bits per heavy atom. The van der Waals surface area contributed by atoms with Crippen molar-refractivity contribution in [3.8, 4) is 0 Å². The van der Waals surface area contributed by atoms with Gasteiger partial charge in [0.25, 0.3) is 0 Å². The second-order valence-electron chi connectivity index (χ2n) is 3.81. The largest absolute Gasteiger partial charge is 0.466 e. The van der Waals surface area contributed by atoms with Crippen LogP contribution in [0.15, 0.2) is 40.4 Å². The summed E-state index contributed by atoms with van der Waals surface area (Å²) in [4.78, 5) is 0. The van der Waals surface area contributed by atoms with E-state index in [0.29, 0.717) is 17.9 Å².